The largest absolute Gasteiger partial charge is 0.493 e. The van der Waals surface area contributed by atoms with E-state index in [0.717, 1.165) is 28.8 Å². The molecule has 1 heterocycles. The molecule has 0 spiro atoms. The number of fused-ring (bicyclic) bond motifs is 1. The molecule has 0 radical (unpaired) electrons. The van der Waals surface area contributed by atoms with E-state index < -0.39 is 0 Å². The SMILES string of the molecule is COc1cc(C(=O)NCc2ccc3c(c2)N(C(=O)c2cccc(C)c2)CC3)cc(OC)c1OC. The molecule has 4 rings (SSSR count). The van der Waals surface area contributed by atoms with Crippen LogP contribution in [0, 0.1) is 6.92 Å². The minimum absolute atomic E-state index is 0.0129. The van der Waals surface area contributed by atoms with Crippen LogP contribution in [-0.4, -0.2) is 39.7 Å². The molecule has 0 aromatic heterocycles. The molecule has 1 N–H and O–H groups in total. The van der Waals surface area contributed by atoms with Crippen molar-refractivity contribution in [2.75, 3.05) is 32.8 Å². The number of ether oxygens (including phenoxy) is 3. The second-order valence-electron chi connectivity index (χ2n) is 8.14. The fourth-order valence-electron chi connectivity index (χ4n) is 4.18. The molecule has 34 heavy (non-hydrogen) atoms. The minimum atomic E-state index is -0.271. The van der Waals surface area contributed by atoms with E-state index >= 15 is 0 Å². The van der Waals surface area contributed by atoms with Crippen LogP contribution in [0.15, 0.2) is 54.6 Å². The molecule has 0 unspecified atom stereocenters. The number of benzene rings is 3. The highest BCUT2D eigenvalue weighted by molar-refractivity contribution is 6.07. The van der Waals surface area contributed by atoms with E-state index in [9.17, 15) is 9.59 Å². The van der Waals surface area contributed by atoms with Gasteiger partial charge in [0.1, 0.15) is 0 Å². The third kappa shape index (κ3) is 4.55. The van der Waals surface area contributed by atoms with E-state index in [4.69, 9.17) is 14.2 Å². The van der Waals surface area contributed by atoms with Crippen LogP contribution >= 0.6 is 0 Å². The van der Waals surface area contributed by atoms with Gasteiger partial charge in [-0.3, -0.25) is 9.59 Å². The van der Waals surface area contributed by atoms with Crippen molar-refractivity contribution in [1.82, 2.24) is 5.32 Å². The summed E-state index contributed by atoms with van der Waals surface area (Å²) >= 11 is 0. The number of nitrogens with one attached hydrogen (secondary N) is 1. The molecular formula is C27H28N2O5. The number of amides is 2. The first-order valence-electron chi connectivity index (χ1n) is 11.0. The van der Waals surface area contributed by atoms with Gasteiger partial charge < -0.3 is 24.4 Å². The lowest BCUT2D eigenvalue weighted by Gasteiger charge is -2.19. The summed E-state index contributed by atoms with van der Waals surface area (Å²) < 4.78 is 16.0. The van der Waals surface area contributed by atoms with Gasteiger partial charge in [0, 0.05) is 29.9 Å². The van der Waals surface area contributed by atoms with Crippen LogP contribution in [0.5, 0.6) is 17.2 Å². The molecule has 7 heteroatoms. The molecule has 0 aliphatic carbocycles. The van der Waals surface area contributed by atoms with Gasteiger partial charge in [-0.1, -0.05) is 29.8 Å². The van der Waals surface area contributed by atoms with Crippen LogP contribution in [0.1, 0.15) is 37.4 Å². The highest BCUT2D eigenvalue weighted by atomic mass is 16.5. The standard InChI is InChI=1S/C27H28N2O5/c1-17-6-5-7-20(12-17)27(31)29-11-10-19-9-8-18(13-22(19)29)16-28-26(30)21-14-23(32-2)25(34-4)24(15-21)33-3/h5-9,12-15H,10-11,16H2,1-4H3,(H,28,30). The maximum atomic E-state index is 13.1. The van der Waals surface area contributed by atoms with E-state index in [-0.39, 0.29) is 11.8 Å². The predicted molar refractivity (Wildman–Crippen MR) is 130 cm³/mol. The molecule has 0 atom stereocenters. The number of hydrogen-bond acceptors (Lipinski definition) is 5. The lowest BCUT2D eigenvalue weighted by molar-refractivity contribution is 0.0948. The maximum absolute atomic E-state index is 13.1. The average Bonchev–Trinajstić information content (AvgIpc) is 3.29. The van der Waals surface area contributed by atoms with Gasteiger partial charge >= 0.3 is 0 Å². The number of hydrogen-bond donors (Lipinski definition) is 1. The monoisotopic (exact) mass is 460 g/mol. The molecule has 1 aliphatic heterocycles. The van der Waals surface area contributed by atoms with Crippen molar-refractivity contribution in [2.24, 2.45) is 0 Å². The van der Waals surface area contributed by atoms with Gasteiger partial charge in [-0.15, -0.1) is 0 Å². The fourth-order valence-corrected chi connectivity index (χ4v) is 4.18. The van der Waals surface area contributed by atoms with Crippen molar-refractivity contribution < 1.29 is 23.8 Å². The number of carbonyl (C=O) groups excluding carboxylic acids is 2. The van der Waals surface area contributed by atoms with Crippen molar-refractivity contribution in [3.8, 4) is 17.2 Å². The Morgan fingerprint density at radius 1 is 0.912 bits per heavy atom. The number of methoxy groups -OCH3 is 3. The molecule has 0 fully saturated rings. The zero-order chi connectivity index (χ0) is 24.2. The molecule has 176 valence electrons. The second kappa shape index (κ2) is 9.87. The van der Waals surface area contributed by atoms with Crippen molar-refractivity contribution >= 4 is 17.5 Å². The van der Waals surface area contributed by atoms with Gasteiger partial charge in [-0.2, -0.15) is 0 Å². The van der Waals surface area contributed by atoms with Gasteiger partial charge in [-0.05, 0) is 54.8 Å². The predicted octanol–water partition coefficient (Wildman–Crippen LogP) is 4.15. The Hall–Kier alpha value is -4.00. The molecule has 2 amide bonds. The van der Waals surface area contributed by atoms with E-state index in [1.807, 2.05) is 54.3 Å². The summed E-state index contributed by atoms with van der Waals surface area (Å²) in [6.45, 7) is 2.93. The van der Waals surface area contributed by atoms with Crippen LogP contribution in [0.3, 0.4) is 0 Å². The first-order chi connectivity index (χ1) is 16.4. The number of rotatable bonds is 7. The van der Waals surface area contributed by atoms with Crippen LogP contribution in [0.4, 0.5) is 5.69 Å². The Kier molecular flexibility index (Phi) is 6.72. The molecular weight excluding hydrogens is 432 g/mol. The molecule has 1 aliphatic rings. The van der Waals surface area contributed by atoms with Crippen molar-refractivity contribution in [3.05, 3.63) is 82.4 Å². The Labute approximate surface area is 199 Å². The zero-order valence-electron chi connectivity index (χ0n) is 19.8. The summed E-state index contributed by atoms with van der Waals surface area (Å²) in [5.74, 6) is 0.969. The van der Waals surface area contributed by atoms with E-state index in [0.29, 0.717) is 41.5 Å². The third-order valence-corrected chi connectivity index (χ3v) is 5.94. The summed E-state index contributed by atoms with van der Waals surface area (Å²) in [5.41, 5.74) is 5.05. The molecule has 3 aromatic rings. The number of anilines is 1. The smallest absolute Gasteiger partial charge is 0.258 e. The first-order valence-corrected chi connectivity index (χ1v) is 11.0. The maximum Gasteiger partial charge on any atom is 0.258 e. The Balaban J connectivity index is 1.51. The molecule has 7 nitrogen and oxygen atoms in total. The minimum Gasteiger partial charge on any atom is -0.493 e. The fraction of sp³-hybridized carbons (Fsp3) is 0.259. The summed E-state index contributed by atoms with van der Waals surface area (Å²) in [6.07, 6.45) is 0.810. The second-order valence-corrected chi connectivity index (χ2v) is 8.14. The summed E-state index contributed by atoms with van der Waals surface area (Å²) in [6, 6.07) is 16.8. The Morgan fingerprint density at radius 2 is 1.65 bits per heavy atom. The lowest BCUT2D eigenvalue weighted by Crippen LogP contribution is -2.29. The normalized spacial score (nSPS) is 12.2. The van der Waals surface area contributed by atoms with Crippen molar-refractivity contribution in [1.29, 1.82) is 0 Å². The van der Waals surface area contributed by atoms with E-state index in [1.54, 1.807) is 12.1 Å². The highest BCUT2D eigenvalue weighted by Crippen LogP contribution is 2.38. The summed E-state index contributed by atoms with van der Waals surface area (Å²) in [4.78, 5) is 27.8. The van der Waals surface area contributed by atoms with Crippen molar-refractivity contribution in [2.45, 2.75) is 19.9 Å². The van der Waals surface area contributed by atoms with Crippen LogP contribution in [0.25, 0.3) is 0 Å². The highest BCUT2D eigenvalue weighted by Gasteiger charge is 2.26. The van der Waals surface area contributed by atoms with Gasteiger partial charge in [0.05, 0.1) is 21.3 Å². The summed E-state index contributed by atoms with van der Waals surface area (Å²) in [5, 5.41) is 2.94. The lowest BCUT2D eigenvalue weighted by atomic mass is 10.1. The molecule has 3 aromatic carbocycles. The molecule has 0 saturated carbocycles. The zero-order valence-corrected chi connectivity index (χ0v) is 19.8. The van der Waals surface area contributed by atoms with Gasteiger partial charge in [0.25, 0.3) is 11.8 Å². The van der Waals surface area contributed by atoms with Crippen LogP contribution in [0.2, 0.25) is 0 Å². The average molecular weight is 461 g/mol. The molecule has 0 saturated heterocycles. The van der Waals surface area contributed by atoms with Crippen molar-refractivity contribution in [3.63, 3.8) is 0 Å². The number of aryl methyl sites for hydroxylation is 1. The van der Waals surface area contributed by atoms with E-state index in [2.05, 4.69) is 5.32 Å². The topological polar surface area (TPSA) is 77.1 Å². The number of nitrogens with zero attached hydrogens (tertiary/aromatic N) is 1. The van der Waals surface area contributed by atoms with Gasteiger partial charge in [0.2, 0.25) is 5.75 Å². The number of carbonyl (C=O) groups is 2. The van der Waals surface area contributed by atoms with E-state index in [1.165, 1.54) is 21.3 Å². The third-order valence-electron chi connectivity index (χ3n) is 5.94. The Bertz CT molecular complexity index is 1210. The van der Waals surface area contributed by atoms with Crippen LogP contribution < -0.4 is 24.4 Å². The first kappa shape index (κ1) is 23.2. The van der Waals surface area contributed by atoms with Gasteiger partial charge in [-0.25, -0.2) is 0 Å². The Morgan fingerprint density at radius 3 is 2.29 bits per heavy atom. The van der Waals surface area contributed by atoms with Gasteiger partial charge in [0.15, 0.2) is 11.5 Å². The molecule has 0 bridgehead atoms. The summed E-state index contributed by atoms with van der Waals surface area (Å²) in [7, 11) is 4.53. The quantitative estimate of drug-likeness (QED) is 0.573. The van der Waals surface area contributed by atoms with Crippen LogP contribution in [-0.2, 0) is 13.0 Å².